The molecule has 92 valence electrons. The molecule has 0 aromatic heterocycles. The molecule has 2 amide bonds. The number of nitrogens with zero attached hydrogens (tertiary/aromatic N) is 1. The fourth-order valence-corrected chi connectivity index (χ4v) is 1.56. The molecule has 1 rings (SSSR count). The predicted octanol–water partition coefficient (Wildman–Crippen LogP) is 0.281. The summed E-state index contributed by atoms with van der Waals surface area (Å²) in [5.41, 5.74) is 0. The number of hydrogen-bond donors (Lipinski definition) is 2. The average Bonchev–Trinajstić information content (AvgIpc) is 2.43. The number of hydrogen-bond acceptors (Lipinski definition) is 3. The van der Waals surface area contributed by atoms with Crippen LogP contribution in [0, 0.1) is 0 Å². The summed E-state index contributed by atoms with van der Waals surface area (Å²) in [6.45, 7) is 4.12. The molecular formula is C10H18N2O4. The highest BCUT2D eigenvalue weighted by Crippen LogP contribution is 2.00. The van der Waals surface area contributed by atoms with Crippen molar-refractivity contribution in [2.24, 2.45) is 0 Å². The maximum Gasteiger partial charge on any atom is 0.317 e. The third kappa shape index (κ3) is 4.48. The minimum atomic E-state index is -0.910. The molecule has 2 N–H and O–H groups in total. The van der Waals surface area contributed by atoms with Crippen LogP contribution in [0.1, 0.15) is 19.8 Å². The third-order valence-electron chi connectivity index (χ3n) is 2.36. The van der Waals surface area contributed by atoms with Crippen molar-refractivity contribution < 1.29 is 19.4 Å². The van der Waals surface area contributed by atoms with Gasteiger partial charge in [-0.25, -0.2) is 4.79 Å². The normalized spacial score (nSPS) is 18.7. The Balaban J connectivity index is 2.34. The van der Waals surface area contributed by atoms with Gasteiger partial charge in [0.15, 0.2) is 0 Å². The molecule has 0 spiro atoms. The van der Waals surface area contributed by atoms with E-state index in [4.69, 9.17) is 9.84 Å². The molecule has 0 aliphatic carbocycles. The Bertz CT molecular complexity index is 249. The molecule has 16 heavy (non-hydrogen) atoms. The smallest absolute Gasteiger partial charge is 0.317 e. The van der Waals surface area contributed by atoms with Crippen LogP contribution in [0.2, 0.25) is 0 Å². The highest BCUT2D eigenvalue weighted by Gasteiger charge is 2.18. The highest BCUT2D eigenvalue weighted by molar-refractivity contribution is 5.75. The molecule has 1 saturated heterocycles. The molecule has 1 aliphatic heterocycles. The lowest BCUT2D eigenvalue weighted by Gasteiger charge is -2.22. The number of carbonyl (C=O) groups is 2. The van der Waals surface area contributed by atoms with Crippen molar-refractivity contribution in [2.45, 2.75) is 25.8 Å². The van der Waals surface area contributed by atoms with Crippen molar-refractivity contribution in [1.29, 1.82) is 0 Å². The Morgan fingerprint density at radius 1 is 1.44 bits per heavy atom. The largest absolute Gasteiger partial charge is 0.481 e. The third-order valence-corrected chi connectivity index (χ3v) is 2.36. The fourth-order valence-electron chi connectivity index (χ4n) is 1.56. The van der Waals surface area contributed by atoms with Crippen molar-refractivity contribution in [2.75, 3.05) is 26.3 Å². The zero-order chi connectivity index (χ0) is 12.0. The van der Waals surface area contributed by atoms with E-state index in [1.54, 1.807) is 11.8 Å². The van der Waals surface area contributed by atoms with Crippen LogP contribution in [0.3, 0.4) is 0 Å². The van der Waals surface area contributed by atoms with E-state index in [2.05, 4.69) is 5.32 Å². The molecule has 0 aromatic carbocycles. The molecule has 6 heteroatoms. The minimum Gasteiger partial charge on any atom is -0.481 e. The number of nitrogens with one attached hydrogen (secondary N) is 1. The molecule has 1 aliphatic rings. The first-order valence-electron chi connectivity index (χ1n) is 5.44. The summed E-state index contributed by atoms with van der Waals surface area (Å²) in [7, 11) is 0. The molecule has 0 aromatic rings. The number of carboxylic acid groups (broad SMARTS) is 1. The van der Waals surface area contributed by atoms with Gasteiger partial charge in [-0.3, -0.25) is 4.79 Å². The Hall–Kier alpha value is -1.30. The number of aliphatic carboxylic acids is 1. The van der Waals surface area contributed by atoms with E-state index >= 15 is 0 Å². The quantitative estimate of drug-likeness (QED) is 0.730. The first-order chi connectivity index (χ1) is 7.59. The minimum absolute atomic E-state index is 0.0594. The zero-order valence-electron chi connectivity index (χ0n) is 9.44. The molecule has 0 bridgehead atoms. The van der Waals surface area contributed by atoms with Gasteiger partial charge in [-0.15, -0.1) is 0 Å². The summed E-state index contributed by atoms with van der Waals surface area (Å²) in [4.78, 5) is 23.8. The van der Waals surface area contributed by atoms with Crippen LogP contribution in [-0.2, 0) is 9.53 Å². The van der Waals surface area contributed by atoms with Crippen molar-refractivity contribution in [1.82, 2.24) is 10.2 Å². The van der Waals surface area contributed by atoms with Gasteiger partial charge in [0.05, 0.1) is 13.0 Å². The van der Waals surface area contributed by atoms with Gasteiger partial charge in [0.25, 0.3) is 0 Å². The van der Waals surface area contributed by atoms with Gasteiger partial charge in [-0.1, -0.05) is 0 Å². The van der Waals surface area contributed by atoms with E-state index in [9.17, 15) is 9.59 Å². The lowest BCUT2D eigenvalue weighted by atomic mass is 10.2. The van der Waals surface area contributed by atoms with Gasteiger partial charge in [-0.05, 0) is 13.3 Å². The molecule has 1 atom stereocenters. The summed E-state index contributed by atoms with van der Waals surface area (Å²) in [6.07, 6.45) is 0.761. The Kier molecular flexibility index (Phi) is 5.04. The summed E-state index contributed by atoms with van der Waals surface area (Å²) < 4.78 is 5.23. The van der Waals surface area contributed by atoms with Crippen LogP contribution in [0.5, 0.6) is 0 Å². The second kappa shape index (κ2) is 6.32. The van der Waals surface area contributed by atoms with Crippen molar-refractivity contribution >= 4 is 12.0 Å². The zero-order valence-corrected chi connectivity index (χ0v) is 9.44. The van der Waals surface area contributed by atoms with Gasteiger partial charge >= 0.3 is 12.0 Å². The summed E-state index contributed by atoms with van der Waals surface area (Å²) in [5.74, 6) is -0.910. The van der Waals surface area contributed by atoms with Crippen LogP contribution < -0.4 is 5.32 Å². The second-order valence-corrected chi connectivity index (χ2v) is 3.90. The fraction of sp³-hybridized carbons (Fsp3) is 0.800. The number of ether oxygens (including phenoxy) is 1. The lowest BCUT2D eigenvalue weighted by Crippen LogP contribution is -2.45. The number of urea groups is 1. The maximum absolute atomic E-state index is 11.7. The van der Waals surface area contributed by atoms with Gasteiger partial charge in [-0.2, -0.15) is 0 Å². The lowest BCUT2D eigenvalue weighted by molar-refractivity contribution is -0.137. The van der Waals surface area contributed by atoms with Crippen LogP contribution in [0.4, 0.5) is 4.79 Å². The van der Waals surface area contributed by atoms with E-state index in [0.29, 0.717) is 26.3 Å². The molecule has 1 fully saturated rings. The number of carbonyl (C=O) groups excluding carboxylic acids is 1. The van der Waals surface area contributed by atoms with Crippen LogP contribution >= 0.6 is 0 Å². The highest BCUT2D eigenvalue weighted by atomic mass is 16.5. The van der Waals surface area contributed by atoms with E-state index in [1.165, 1.54) is 0 Å². The van der Waals surface area contributed by atoms with Gasteiger partial charge in [0.1, 0.15) is 0 Å². The average molecular weight is 230 g/mol. The maximum atomic E-state index is 11.7. The van der Waals surface area contributed by atoms with Gasteiger partial charge in [0, 0.05) is 25.7 Å². The monoisotopic (exact) mass is 230 g/mol. The first-order valence-corrected chi connectivity index (χ1v) is 5.44. The van der Waals surface area contributed by atoms with E-state index < -0.39 is 5.97 Å². The van der Waals surface area contributed by atoms with Crippen molar-refractivity contribution in [3.63, 3.8) is 0 Å². The number of carboxylic acids is 1. The van der Waals surface area contributed by atoms with Gasteiger partial charge in [0.2, 0.25) is 0 Å². The Morgan fingerprint density at radius 2 is 2.19 bits per heavy atom. The molecule has 0 radical (unpaired) electrons. The summed E-state index contributed by atoms with van der Waals surface area (Å²) >= 11 is 0. The molecule has 6 nitrogen and oxygen atoms in total. The Labute approximate surface area is 94.6 Å². The van der Waals surface area contributed by atoms with Crippen LogP contribution in [0.15, 0.2) is 0 Å². The van der Waals surface area contributed by atoms with Crippen LogP contribution in [0.25, 0.3) is 0 Å². The topological polar surface area (TPSA) is 78.9 Å². The number of amides is 2. The molecule has 1 heterocycles. The summed E-state index contributed by atoms with van der Waals surface area (Å²) in [6, 6.07) is -0.562. The molecular weight excluding hydrogens is 212 g/mol. The second-order valence-electron chi connectivity index (χ2n) is 3.90. The standard InChI is InChI=1S/C10H18N2O4/c1-8(7-9(13)14)11-10(15)12-3-2-5-16-6-4-12/h8H,2-7H2,1H3,(H,11,15)(H,13,14). The van der Waals surface area contributed by atoms with E-state index in [1.807, 2.05) is 0 Å². The first kappa shape index (κ1) is 12.8. The molecule has 1 unspecified atom stereocenters. The van der Waals surface area contributed by atoms with E-state index in [0.717, 1.165) is 6.42 Å². The Morgan fingerprint density at radius 3 is 2.88 bits per heavy atom. The predicted molar refractivity (Wildman–Crippen MR) is 57.3 cm³/mol. The number of rotatable bonds is 3. The summed E-state index contributed by atoms with van der Waals surface area (Å²) in [5, 5.41) is 11.2. The van der Waals surface area contributed by atoms with Crippen molar-refractivity contribution in [3.8, 4) is 0 Å². The van der Waals surface area contributed by atoms with Crippen LogP contribution in [-0.4, -0.2) is 54.4 Å². The SMILES string of the molecule is CC(CC(=O)O)NC(=O)N1CCCOCC1. The van der Waals surface area contributed by atoms with Gasteiger partial charge < -0.3 is 20.1 Å². The van der Waals surface area contributed by atoms with Crippen molar-refractivity contribution in [3.05, 3.63) is 0 Å². The van der Waals surface area contributed by atoms with E-state index in [-0.39, 0.29) is 18.5 Å². The molecule has 0 saturated carbocycles.